The summed E-state index contributed by atoms with van der Waals surface area (Å²) in [6.07, 6.45) is 3.47. The average molecular weight is 229 g/mol. The van der Waals surface area contributed by atoms with Crippen molar-refractivity contribution in [2.24, 2.45) is 0 Å². The van der Waals surface area contributed by atoms with E-state index in [-0.39, 0.29) is 18.5 Å². The lowest BCUT2D eigenvalue weighted by Crippen LogP contribution is -2.60. The number of anilines is 1. The molecule has 2 heterocycles. The molecule has 86 valence electrons. The van der Waals surface area contributed by atoms with Crippen molar-refractivity contribution in [1.82, 2.24) is 9.91 Å². The molecule has 2 aliphatic rings. The van der Waals surface area contributed by atoms with Crippen LogP contribution in [0.1, 0.15) is 5.56 Å². The number of rotatable bonds is 0. The number of hydrogen-bond acceptors (Lipinski definition) is 2. The summed E-state index contributed by atoms with van der Waals surface area (Å²) in [5.41, 5.74) is 1.67. The van der Waals surface area contributed by atoms with Crippen LogP contribution >= 0.6 is 0 Å². The molecule has 0 N–H and O–H groups in total. The molecule has 5 nitrogen and oxygen atoms in total. The molecule has 1 fully saturated rings. The Labute approximate surface area is 98.5 Å². The van der Waals surface area contributed by atoms with Gasteiger partial charge < -0.3 is 4.90 Å². The Bertz CT molecular complexity index is 538. The molecule has 1 saturated heterocycles. The van der Waals surface area contributed by atoms with Crippen molar-refractivity contribution in [3.8, 4) is 0 Å². The summed E-state index contributed by atoms with van der Waals surface area (Å²) in [5.74, 6) is -0.113. The quantitative estimate of drug-likeness (QED) is 0.672. The molecule has 2 aliphatic heterocycles. The molecule has 0 unspecified atom stereocenters. The van der Waals surface area contributed by atoms with Gasteiger partial charge in [-0.15, -0.1) is 0 Å². The number of fused-ring (bicyclic) bond motifs is 3. The summed E-state index contributed by atoms with van der Waals surface area (Å²) < 4.78 is 0. The van der Waals surface area contributed by atoms with Crippen LogP contribution in [-0.4, -0.2) is 35.4 Å². The smallest absolute Gasteiger partial charge is 0.317 e. The minimum Gasteiger partial charge on any atom is -0.317 e. The van der Waals surface area contributed by atoms with Gasteiger partial charge in [0.1, 0.15) is 6.54 Å². The first-order valence-electron chi connectivity index (χ1n) is 5.33. The van der Waals surface area contributed by atoms with Crippen LogP contribution in [0.15, 0.2) is 30.5 Å². The summed E-state index contributed by atoms with van der Waals surface area (Å²) in [6.45, 7) is 0.113. The third-order valence-electron chi connectivity index (χ3n) is 2.91. The molecule has 0 saturated carbocycles. The number of carbonyl (C=O) groups is 2. The van der Waals surface area contributed by atoms with E-state index < -0.39 is 0 Å². The monoisotopic (exact) mass is 229 g/mol. The molecule has 0 aromatic heterocycles. The van der Waals surface area contributed by atoms with Crippen LogP contribution in [0, 0.1) is 0 Å². The van der Waals surface area contributed by atoms with E-state index in [2.05, 4.69) is 0 Å². The van der Waals surface area contributed by atoms with Crippen molar-refractivity contribution in [3.63, 3.8) is 0 Å². The molecule has 0 spiro atoms. The number of hydrogen-bond donors (Lipinski definition) is 0. The first-order valence-corrected chi connectivity index (χ1v) is 5.33. The first-order chi connectivity index (χ1) is 8.18. The maximum absolute atomic E-state index is 12.1. The highest BCUT2D eigenvalue weighted by atomic mass is 16.2. The van der Waals surface area contributed by atoms with E-state index in [0.29, 0.717) is 0 Å². The van der Waals surface area contributed by atoms with Gasteiger partial charge in [-0.1, -0.05) is 18.2 Å². The van der Waals surface area contributed by atoms with Gasteiger partial charge in [-0.2, -0.15) is 5.01 Å². The summed E-state index contributed by atoms with van der Waals surface area (Å²) in [5, 5.41) is 2.77. The lowest BCUT2D eigenvalue weighted by atomic mass is 10.1. The molecule has 5 heteroatoms. The van der Waals surface area contributed by atoms with Crippen molar-refractivity contribution in [1.29, 1.82) is 0 Å². The van der Waals surface area contributed by atoms with Gasteiger partial charge in [0, 0.05) is 18.8 Å². The number of para-hydroxylation sites is 1. The van der Waals surface area contributed by atoms with Crippen molar-refractivity contribution >= 4 is 23.7 Å². The van der Waals surface area contributed by atoms with Gasteiger partial charge in [-0.3, -0.25) is 4.79 Å². The standard InChI is InChI=1S/C12H11N3O2/c1-13-8-11(16)14-7-6-9-4-2-3-5-10(9)15(14)12(13)17/h2-7H,8H2,1H3. The van der Waals surface area contributed by atoms with Crippen molar-refractivity contribution < 1.29 is 9.59 Å². The number of amides is 3. The van der Waals surface area contributed by atoms with E-state index in [9.17, 15) is 9.59 Å². The highest BCUT2D eigenvalue weighted by Crippen LogP contribution is 2.30. The Morgan fingerprint density at radius 1 is 1.18 bits per heavy atom. The van der Waals surface area contributed by atoms with E-state index in [0.717, 1.165) is 11.3 Å². The second-order valence-electron chi connectivity index (χ2n) is 4.06. The molecule has 3 amide bonds. The fourth-order valence-electron chi connectivity index (χ4n) is 2.05. The zero-order chi connectivity index (χ0) is 12.0. The predicted molar refractivity (Wildman–Crippen MR) is 62.8 cm³/mol. The Balaban J connectivity index is 2.14. The second kappa shape index (κ2) is 3.35. The summed E-state index contributed by atoms with van der Waals surface area (Å²) in [6, 6.07) is 7.30. The van der Waals surface area contributed by atoms with Crippen molar-refractivity contribution in [2.75, 3.05) is 18.6 Å². The number of benzene rings is 1. The summed E-state index contributed by atoms with van der Waals surface area (Å²) in [7, 11) is 1.62. The van der Waals surface area contributed by atoms with Crippen molar-refractivity contribution in [3.05, 3.63) is 36.0 Å². The van der Waals surface area contributed by atoms with Crippen LogP contribution in [0.25, 0.3) is 6.08 Å². The average Bonchev–Trinajstić information content (AvgIpc) is 2.35. The lowest BCUT2D eigenvalue weighted by molar-refractivity contribution is -0.130. The maximum atomic E-state index is 12.1. The summed E-state index contributed by atoms with van der Waals surface area (Å²) in [4.78, 5) is 25.3. The van der Waals surface area contributed by atoms with E-state index in [1.165, 1.54) is 14.9 Å². The normalized spacial score (nSPS) is 18.3. The molecule has 0 bridgehead atoms. The number of carbonyl (C=O) groups excluding carboxylic acids is 2. The highest BCUT2D eigenvalue weighted by molar-refractivity contribution is 6.03. The van der Waals surface area contributed by atoms with E-state index >= 15 is 0 Å². The number of nitrogens with zero attached hydrogens (tertiary/aromatic N) is 3. The van der Waals surface area contributed by atoms with Gasteiger partial charge >= 0.3 is 6.03 Å². The van der Waals surface area contributed by atoms with Crippen LogP contribution in [0.4, 0.5) is 10.5 Å². The molecule has 0 radical (unpaired) electrons. The second-order valence-corrected chi connectivity index (χ2v) is 4.06. The number of hydrazine groups is 1. The molecular formula is C12H11N3O2. The third-order valence-corrected chi connectivity index (χ3v) is 2.91. The van der Waals surface area contributed by atoms with Crippen LogP contribution in [-0.2, 0) is 4.79 Å². The van der Waals surface area contributed by atoms with Gasteiger partial charge in [-0.25, -0.2) is 9.80 Å². The zero-order valence-corrected chi connectivity index (χ0v) is 9.33. The maximum Gasteiger partial charge on any atom is 0.344 e. The first kappa shape index (κ1) is 9.89. The largest absolute Gasteiger partial charge is 0.344 e. The molecule has 0 atom stereocenters. The third kappa shape index (κ3) is 1.32. The molecule has 1 aromatic rings. The summed E-state index contributed by atoms with van der Waals surface area (Å²) >= 11 is 0. The Hall–Kier alpha value is -2.30. The van der Waals surface area contributed by atoms with Gasteiger partial charge in [-0.05, 0) is 12.1 Å². The minimum atomic E-state index is -0.193. The van der Waals surface area contributed by atoms with Crippen LogP contribution < -0.4 is 5.01 Å². The Morgan fingerprint density at radius 2 is 1.94 bits per heavy atom. The molecule has 0 aliphatic carbocycles. The van der Waals surface area contributed by atoms with E-state index in [4.69, 9.17) is 0 Å². The van der Waals surface area contributed by atoms with Gasteiger partial charge in [0.05, 0.1) is 5.69 Å². The number of urea groups is 1. The molecule has 1 aromatic carbocycles. The SMILES string of the molecule is CN1CC(=O)N2C=Cc3ccccc3N2C1=O. The topological polar surface area (TPSA) is 43.9 Å². The van der Waals surface area contributed by atoms with E-state index in [1.54, 1.807) is 13.2 Å². The molecule has 17 heavy (non-hydrogen) atoms. The molecule has 3 rings (SSSR count). The van der Waals surface area contributed by atoms with E-state index in [1.807, 2.05) is 30.3 Å². The van der Waals surface area contributed by atoms with Crippen LogP contribution in [0.2, 0.25) is 0 Å². The fraction of sp³-hybridized carbons (Fsp3) is 0.167. The van der Waals surface area contributed by atoms with Crippen LogP contribution in [0.5, 0.6) is 0 Å². The zero-order valence-electron chi connectivity index (χ0n) is 9.33. The van der Waals surface area contributed by atoms with Gasteiger partial charge in [0.25, 0.3) is 5.91 Å². The van der Waals surface area contributed by atoms with Gasteiger partial charge in [0.15, 0.2) is 0 Å². The van der Waals surface area contributed by atoms with Gasteiger partial charge in [0.2, 0.25) is 0 Å². The lowest BCUT2D eigenvalue weighted by Gasteiger charge is -2.42. The Morgan fingerprint density at radius 3 is 2.76 bits per heavy atom. The minimum absolute atomic E-state index is 0.113. The number of likely N-dealkylation sites (N-methyl/N-ethyl adjacent to an activating group) is 1. The van der Waals surface area contributed by atoms with Crippen LogP contribution in [0.3, 0.4) is 0 Å². The Kier molecular flexibility index (Phi) is 1.95. The predicted octanol–water partition coefficient (Wildman–Crippen LogP) is 1.29. The molecular weight excluding hydrogens is 218 g/mol. The fourth-order valence-corrected chi connectivity index (χ4v) is 2.05. The van der Waals surface area contributed by atoms with Crippen molar-refractivity contribution in [2.45, 2.75) is 0 Å². The highest BCUT2D eigenvalue weighted by Gasteiger charge is 2.37.